The molecule has 2 rings (SSSR count). The monoisotopic (exact) mass is 312 g/mol. The van der Waals surface area contributed by atoms with Crippen LogP contribution in [0.5, 0.6) is 0 Å². The molecule has 0 saturated carbocycles. The highest BCUT2D eigenvalue weighted by atomic mass is 127. The Morgan fingerprint density at radius 1 is 0.800 bits per heavy atom. The summed E-state index contributed by atoms with van der Waals surface area (Å²) in [5.74, 6) is -0.179. The van der Waals surface area contributed by atoms with Crippen molar-refractivity contribution in [2.24, 2.45) is 0 Å². The Morgan fingerprint density at radius 3 is 1.80 bits per heavy atom. The zero-order valence-electron chi connectivity index (χ0n) is 8.08. The number of rotatable bonds is 2. The van der Waals surface area contributed by atoms with Crippen LogP contribution in [0.4, 0.5) is 4.39 Å². The number of hydrogen-bond donors (Lipinski definition) is 0. The average Bonchev–Trinajstić information content (AvgIpc) is 2.25. The van der Waals surface area contributed by atoms with E-state index in [4.69, 9.17) is 0 Å². The third-order valence-electron chi connectivity index (χ3n) is 2.23. The quantitative estimate of drug-likeness (QED) is 0.735. The van der Waals surface area contributed by atoms with Crippen LogP contribution in [-0.4, -0.2) is 0 Å². The fourth-order valence-electron chi connectivity index (χ4n) is 1.44. The summed E-state index contributed by atoms with van der Waals surface area (Å²) in [6.45, 7) is 0. The molecular weight excluding hydrogens is 302 g/mol. The van der Waals surface area contributed by atoms with Crippen LogP contribution in [-0.2, 0) is 6.42 Å². The van der Waals surface area contributed by atoms with Crippen LogP contribution in [0.1, 0.15) is 11.1 Å². The first kappa shape index (κ1) is 10.6. The van der Waals surface area contributed by atoms with E-state index >= 15 is 0 Å². The van der Waals surface area contributed by atoms with Gasteiger partial charge in [0.15, 0.2) is 0 Å². The van der Waals surface area contributed by atoms with Crippen molar-refractivity contribution >= 4 is 22.6 Å². The van der Waals surface area contributed by atoms with Gasteiger partial charge in [0, 0.05) is 3.57 Å². The summed E-state index contributed by atoms with van der Waals surface area (Å²) in [5, 5.41) is 0. The summed E-state index contributed by atoms with van der Waals surface area (Å²) in [4.78, 5) is 0. The van der Waals surface area contributed by atoms with Gasteiger partial charge in [-0.2, -0.15) is 0 Å². The smallest absolute Gasteiger partial charge is 0.123 e. The second-order valence-corrected chi connectivity index (χ2v) is 4.68. The van der Waals surface area contributed by atoms with Gasteiger partial charge in [0.1, 0.15) is 5.82 Å². The molecule has 0 aromatic heterocycles. The van der Waals surface area contributed by atoms with Gasteiger partial charge in [-0.1, -0.05) is 24.3 Å². The molecular formula is C13H10FI. The van der Waals surface area contributed by atoms with Crippen LogP contribution in [0.15, 0.2) is 48.5 Å². The second-order valence-electron chi connectivity index (χ2n) is 3.43. The lowest BCUT2D eigenvalue weighted by molar-refractivity contribution is 0.627. The molecule has 2 aromatic carbocycles. The molecule has 0 aliphatic carbocycles. The number of benzene rings is 2. The van der Waals surface area contributed by atoms with Gasteiger partial charge in [-0.3, -0.25) is 0 Å². The first-order valence-corrected chi connectivity index (χ1v) is 5.81. The van der Waals surface area contributed by atoms with E-state index in [1.807, 2.05) is 12.1 Å². The average molecular weight is 312 g/mol. The molecule has 0 fully saturated rings. The van der Waals surface area contributed by atoms with E-state index in [1.165, 1.54) is 21.3 Å². The van der Waals surface area contributed by atoms with Crippen LogP contribution >= 0.6 is 22.6 Å². The number of hydrogen-bond acceptors (Lipinski definition) is 0. The summed E-state index contributed by atoms with van der Waals surface area (Å²) >= 11 is 2.28. The van der Waals surface area contributed by atoms with Crippen LogP contribution in [0, 0.1) is 9.39 Å². The Hall–Kier alpha value is -0.900. The third-order valence-corrected chi connectivity index (χ3v) is 2.95. The van der Waals surface area contributed by atoms with E-state index in [0.29, 0.717) is 0 Å². The minimum Gasteiger partial charge on any atom is -0.207 e. The predicted octanol–water partition coefficient (Wildman–Crippen LogP) is 4.02. The van der Waals surface area contributed by atoms with E-state index in [9.17, 15) is 4.39 Å². The zero-order chi connectivity index (χ0) is 10.7. The molecule has 0 unspecified atom stereocenters. The van der Waals surface area contributed by atoms with Crippen molar-refractivity contribution < 1.29 is 4.39 Å². The molecule has 0 nitrogen and oxygen atoms in total. The molecule has 76 valence electrons. The van der Waals surface area contributed by atoms with Gasteiger partial charge in [0.05, 0.1) is 0 Å². The van der Waals surface area contributed by atoms with Gasteiger partial charge in [-0.15, -0.1) is 0 Å². The van der Waals surface area contributed by atoms with Crippen LogP contribution < -0.4 is 0 Å². The highest BCUT2D eigenvalue weighted by Crippen LogP contribution is 2.12. The first-order chi connectivity index (χ1) is 7.24. The fraction of sp³-hybridized carbons (Fsp3) is 0.0769. The largest absolute Gasteiger partial charge is 0.207 e. The molecule has 0 spiro atoms. The van der Waals surface area contributed by atoms with E-state index < -0.39 is 0 Å². The Bertz CT molecular complexity index is 388. The van der Waals surface area contributed by atoms with Crippen molar-refractivity contribution in [2.75, 3.05) is 0 Å². The standard InChI is InChI=1S/C13H10FI/c14-12-5-1-10(2-6-12)9-11-3-7-13(15)8-4-11/h1-8H,9H2. The molecule has 15 heavy (non-hydrogen) atoms. The zero-order valence-corrected chi connectivity index (χ0v) is 10.2. The Kier molecular flexibility index (Phi) is 3.36. The summed E-state index contributed by atoms with van der Waals surface area (Å²) in [6, 6.07) is 15.0. The molecule has 0 atom stereocenters. The van der Waals surface area contributed by atoms with Crippen molar-refractivity contribution in [2.45, 2.75) is 6.42 Å². The second kappa shape index (κ2) is 4.75. The highest BCUT2D eigenvalue weighted by molar-refractivity contribution is 14.1. The van der Waals surface area contributed by atoms with Gasteiger partial charge in [-0.05, 0) is 64.4 Å². The van der Waals surface area contributed by atoms with Crippen molar-refractivity contribution in [3.05, 3.63) is 69.0 Å². The highest BCUT2D eigenvalue weighted by Gasteiger charge is 1.96. The third kappa shape index (κ3) is 3.02. The SMILES string of the molecule is Fc1ccc(Cc2ccc(I)cc2)cc1. The molecule has 0 bridgehead atoms. The molecule has 2 aromatic rings. The molecule has 0 heterocycles. The molecule has 2 heteroatoms. The summed E-state index contributed by atoms with van der Waals surface area (Å²) in [5.41, 5.74) is 2.39. The minimum atomic E-state index is -0.179. The van der Waals surface area contributed by atoms with E-state index in [-0.39, 0.29) is 5.82 Å². The lowest BCUT2D eigenvalue weighted by Crippen LogP contribution is -1.88. The van der Waals surface area contributed by atoms with Gasteiger partial charge >= 0.3 is 0 Å². The molecule has 0 amide bonds. The Balaban J connectivity index is 2.15. The first-order valence-electron chi connectivity index (χ1n) is 4.73. The Morgan fingerprint density at radius 2 is 1.27 bits per heavy atom. The maximum Gasteiger partial charge on any atom is 0.123 e. The summed E-state index contributed by atoms with van der Waals surface area (Å²) in [6.07, 6.45) is 0.858. The normalized spacial score (nSPS) is 10.3. The van der Waals surface area contributed by atoms with E-state index in [1.54, 1.807) is 0 Å². The van der Waals surface area contributed by atoms with Crippen LogP contribution in [0.2, 0.25) is 0 Å². The van der Waals surface area contributed by atoms with E-state index in [2.05, 4.69) is 46.9 Å². The molecule has 0 aliphatic rings. The maximum absolute atomic E-state index is 12.7. The summed E-state index contributed by atoms with van der Waals surface area (Å²) < 4.78 is 13.9. The van der Waals surface area contributed by atoms with Crippen molar-refractivity contribution in [1.29, 1.82) is 0 Å². The summed E-state index contributed by atoms with van der Waals surface area (Å²) in [7, 11) is 0. The Labute approximate surface area is 102 Å². The van der Waals surface area contributed by atoms with Gasteiger partial charge in [0.2, 0.25) is 0 Å². The molecule has 0 radical (unpaired) electrons. The van der Waals surface area contributed by atoms with Crippen LogP contribution in [0.3, 0.4) is 0 Å². The number of halogens is 2. The molecule has 0 N–H and O–H groups in total. The van der Waals surface area contributed by atoms with Gasteiger partial charge < -0.3 is 0 Å². The van der Waals surface area contributed by atoms with Crippen molar-refractivity contribution in [3.8, 4) is 0 Å². The molecule has 0 saturated heterocycles. The van der Waals surface area contributed by atoms with E-state index in [0.717, 1.165) is 12.0 Å². The fourth-order valence-corrected chi connectivity index (χ4v) is 1.80. The van der Waals surface area contributed by atoms with Gasteiger partial charge in [-0.25, -0.2) is 4.39 Å². The van der Waals surface area contributed by atoms with Crippen LogP contribution in [0.25, 0.3) is 0 Å². The predicted molar refractivity (Wildman–Crippen MR) is 68.4 cm³/mol. The maximum atomic E-state index is 12.7. The lowest BCUT2D eigenvalue weighted by Gasteiger charge is -2.01. The molecule has 0 aliphatic heterocycles. The van der Waals surface area contributed by atoms with Crippen molar-refractivity contribution in [1.82, 2.24) is 0 Å². The minimum absolute atomic E-state index is 0.179. The van der Waals surface area contributed by atoms with Gasteiger partial charge in [0.25, 0.3) is 0 Å². The lowest BCUT2D eigenvalue weighted by atomic mass is 10.1. The topological polar surface area (TPSA) is 0 Å². The van der Waals surface area contributed by atoms with Crippen molar-refractivity contribution in [3.63, 3.8) is 0 Å².